The molecule has 0 atom stereocenters. The van der Waals surface area contributed by atoms with E-state index in [1.54, 1.807) is 4.52 Å². The van der Waals surface area contributed by atoms with Crippen molar-refractivity contribution >= 4 is 17.6 Å². The van der Waals surface area contributed by atoms with Gasteiger partial charge >= 0.3 is 0 Å². The first-order chi connectivity index (χ1) is 12.3. The summed E-state index contributed by atoms with van der Waals surface area (Å²) < 4.78 is 1.62. The predicted octanol–water partition coefficient (Wildman–Crippen LogP) is 2.93. The third-order valence-electron chi connectivity index (χ3n) is 5.54. The topological polar surface area (TPSA) is 50.5 Å². The molecule has 2 aliphatic rings. The van der Waals surface area contributed by atoms with Crippen molar-refractivity contribution in [2.75, 3.05) is 13.1 Å². The highest BCUT2D eigenvalue weighted by Gasteiger charge is 2.39. The molecule has 5 heteroatoms. The van der Waals surface area contributed by atoms with E-state index in [1.807, 2.05) is 23.1 Å². The molecule has 0 unspecified atom stereocenters. The van der Waals surface area contributed by atoms with Crippen LogP contribution < -0.4 is 0 Å². The summed E-state index contributed by atoms with van der Waals surface area (Å²) in [6.45, 7) is 1.51. The van der Waals surface area contributed by atoms with Crippen LogP contribution in [0.1, 0.15) is 34.5 Å². The predicted molar refractivity (Wildman–Crippen MR) is 95.3 cm³/mol. The van der Waals surface area contributed by atoms with Gasteiger partial charge in [-0.3, -0.25) is 4.79 Å². The molecule has 0 saturated carbocycles. The number of piperidine rings is 1. The van der Waals surface area contributed by atoms with Crippen molar-refractivity contribution in [3.05, 3.63) is 71.7 Å². The van der Waals surface area contributed by atoms with Crippen molar-refractivity contribution in [1.82, 2.24) is 19.5 Å². The molecule has 1 spiro atoms. The van der Waals surface area contributed by atoms with Crippen molar-refractivity contribution in [3.63, 3.8) is 0 Å². The number of hydrogen-bond acceptors (Lipinski definition) is 3. The number of pyridine rings is 1. The Kier molecular flexibility index (Phi) is 3.04. The van der Waals surface area contributed by atoms with Crippen LogP contribution in [-0.4, -0.2) is 38.5 Å². The van der Waals surface area contributed by atoms with Crippen LogP contribution in [0.5, 0.6) is 0 Å². The fraction of sp³-hybridized carbons (Fsp3) is 0.250. The monoisotopic (exact) mass is 330 g/mol. The van der Waals surface area contributed by atoms with Crippen LogP contribution in [0.4, 0.5) is 0 Å². The van der Waals surface area contributed by atoms with Crippen LogP contribution in [0.15, 0.2) is 54.9 Å². The van der Waals surface area contributed by atoms with Crippen LogP contribution in [0.2, 0.25) is 0 Å². The number of hydrogen-bond donors (Lipinski definition) is 0. The average Bonchev–Trinajstić information content (AvgIpc) is 3.28. The highest BCUT2D eigenvalue weighted by Crippen LogP contribution is 2.43. The molecule has 1 aliphatic heterocycles. The van der Waals surface area contributed by atoms with E-state index in [0.29, 0.717) is 11.3 Å². The molecule has 5 nitrogen and oxygen atoms in total. The summed E-state index contributed by atoms with van der Waals surface area (Å²) in [6.07, 6.45) is 7.96. The van der Waals surface area contributed by atoms with Gasteiger partial charge in [0.05, 0.1) is 0 Å². The van der Waals surface area contributed by atoms with Gasteiger partial charge in [0, 0.05) is 18.5 Å². The summed E-state index contributed by atoms with van der Waals surface area (Å²) in [5.74, 6) is 0.0289. The van der Waals surface area contributed by atoms with Gasteiger partial charge < -0.3 is 4.90 Å². The Hall–Kier alpha value is -2.95. The third kappa shape index (κ3) is 2.12. The Bertz CT molecular complexity index is 996. The number of aromatic nitrogens is 3. The first-order valence-electron chi connectivity index (χ1n) is 8.64. The first kappa shape index (κ1) is 14.4. The van der Waals surface area contributed by atoms with Gasteiger partial charge in [0.2, 0.25) is 0 Å². The first-order valence-corrected chi connectivity index (χ1v) is 8.64. The number of carbonyl (C=O) groups is 1. The molecule has 124 valence electrons. The zero-order chi connectivity index (χ0) is 16.9. The molecule has 1 amide bonds. The van der Waals surface area contributed by atoms with Crippen molar-refractivity contribution in [3.8, 4) is 0 Å². The van der Waals surface area contributed by atoms with Crippen LogP contribution in [0.3, 0.4) is 0 Å². The van der Waals surface area contributed by atoms with Gasteiger partial charge in [-0.15, -0.1) is 0 Å². The fourth-order valence-electron chi connectivity index (χ4n) is 4.15. The maximum absolute atomic E-state index is 13.0. The lowest BCUT2D eigenvalue weighted by Crippen LogP contribution is -2.44. The molecule has 3 aromatic rings. The number of allylic oxidation sites excluding steroid dienone is 1. The van der Waals surface area contributed by atoms with Gasteiger partial charge in [0.25, 0.3) is 5.91 Å². The van der Waals surface area contributed by atoms with Gasteiger partial charge in [-0.05, 0) is 36.1 Å². The minimum absolute atomic E-state index is 0.0289. The average molecular weight is 330 g/mol. The van der Waals surface area contributed by atoms with Crippen LogP contribution in [0.25, 0.3) is 11.7 Å². The van der Waals surface area contributed by atoms with Crippen molar-refractivity contribution in [2.24, 2.45) is 0 Å². The summed E-state index contributed by atoms with van der Waals surface area (Å²) >= 11 is 0. The lowest BCUT2D eigenvalue weighted by atomic mass is 9.74. The van der Waals surface area contributed by atoms with Crippen molar-refractivity contribution < 1.29 is 4.79 Å². The zero-order valence-electron chi connectivity index (χ0n) is 13.8. The molecule has 5 rings (SSSR count). The minimum atomic E-state index is 0.0289. The third-order valence-corrected chi connectivity index (χ3v) is 5.54. The van der Waals surface area contributed by atoms with E-state index < -0.39 is 0 Å². The second-order valence-electron chi connectivity index (χ2n) is 6.81. The van der Waals surface area contributed by atoms with Gasteiger partial charge in [-0.25, -0.2) is 9.50 Å². The quantitative estimate of drug-likeness (QED) is 0.689. The maximum Gasteiger partial charge on any atom is 0.272 e. The minimum Gasteiger partial charge on any atom is -0.337 e. The smallest absolute Gasteiger partial charge is 0.272 e. The molecule has 0 N–H and O–H groups in total. The molecule has 0 radical (unpaired) electrons. The van der Waals surface area contributed by atoms with E-state index in [1.165, 1.54) is 17.5 Å². The molecular formula is C20H18N4O. The molecular weight excluding hydrogens is 312 g/mol. The van der Waals surface area contributed by atoms with Gasteiger partial charge in [0.1, 0.15) is 12.0 Å². The second kappa shape index (κ2) is 5.28. The Labute approximate surface area is 145 Å². The number of amides is 1. The van der Waals surface area contributed by atoms with Crippen LogP contribution >= 0.6 is 0 Å². The lowest BCUT2D eigenvalue weighted by Gasteiger charge is -2.39. The molecule has 0 bridgehead atoms. The van der Waals surface area contributed by atoms with Crippen molar-refractivity contribution in [2.45, 2.75) is 18.3 Å². The molecule has 1 aromatic carbocycles. The van der Waals surface area contributed by atoms with Gasteiger partial charge in [-0.2, -0.15) is 5.10 Å². The number of carbonyl (C=O) groups excluding carboxylic acids is 1. The summed E-state index contributed by atoms with van der Waals surface area (Å²) in [7, 11) is 0. The standard InChI is InChI=1S/C20H18N4O/c25-19(17-6-3-7-18-21-14-22-24(17)18)23-12-10-20(11-13-23)9-8-15-4-1-2-5-16(15)20/h1-9,14H,10-13H2. The summed E-state index contributed by atoms with van der Waals surface area (Å²) in [5.41, 5.74) is 4.09. The SMILES string of the molecule is O=C(c1cccc2ncnn12)N1CCC2(C=Cc3ccccc32)CC1. The van der Waals surface area contributed by atoms with Gasteiger partial charge in [-0.1, -0.05) is 42.5 Å². The van der Waals surface area contributed by atoms with E-state index in [0.717, 1.165) is 25.9 Å². The number of fused-ring (bicyclic) bond motifs is 3. The molecule has 2 aromatic heterocycles. The van der Waals surface area contributed by atoms with E-state index in [4.69, 9.17) is 0 Å². The highest BCUT2D eigenvalue weighted by atomic mass is 16.2. The van der Waals surface area contributed by atoms with Crippen LogP contribution in [0, 0.1) is 0 Å². The van der Waals surface area contributed by atoms with Crippen LogP contribution in [-0.2, 0) is 5.41 Å². The number of nitrogens with zero attached hydrogens (tertiary/aromatic N) is 4. The van der Waals surface area contributed by atoms with E-state index in [9.17, 15) is 4.79 Å². The fourth-order valence-corrected chi connectivity index (χ4v) is 4.15. The van der Waals surface area contributed by atoms with Gasteiger partial charge in [0.15, 0.2) is 5.65 Å². The highest BCUT2D eigenvalue weighted by molar-refractivity contribution is 5.93. The van der Waals surface area contributed by atoms with E-state index >= 15 is 0 Å². The molecule has 25 heavy (non-hydrogen) atoms. The number of likely N-dealkylation sites (tertiary alicyclic amines) is 1. The largest absolute Gasteiger partial charge is 0.337 e. The normalized spacial score (nSPS) is 18.0. The Balaban J connectivity index is 1.40. The number of rotatable bonds is 1. The Morgan fingerprint density at radius 2 is 1.88 bits per heavy atom. The summed E-state index contributed by atoms with van der Waals surface area (Å²) in [5, 5.41) is 4.18. The maximum atomic E-state index is 13.0. The molecule has 1 aliphatic carbocycles. The van der Waals surface area contributed by atoms with E-state index in [2.05, 4.69) is 46.5 Å². The Morgan fingerprint density at radius 3 is 2.76 bits per heavy atom. The Morgan fingerprint density at radius 1 is 1.04 bits per heavy atom. The lowest BCUT2D eigenvalue weighted by molar-refractivity contribution is 0.0681. The summed E-state index contributed by atoms with van der Waals surface area (Å²) in [6, 6.07) is 14.1. The zero-order valence-corrected chi connectivity index (χ0v) is 13.8. The van der Waals surface area contributed by atoms with Crippen molar-refractivity contribution in [1.29, 1.82) is 0 Å². The molecule has 1 fully saturated rings. The summed E-state index contributed by atoms with van der Waals surface area (Å²) in [4.78, 5) is 19.1. The van der Waals surface area contributed by atoms with E-state index in [-0.39, 0.29) is 11.3 Å². The number of benzene rings is 1. The molecule has 1 saturated heterocycles. The molecule has 3 heterocycles. The second-order valence-corrected chi connectivity index (χ2v) is 6.81.